The lowest BCUT2D eigenvalue weighted by Crippen LogP contribution is -2.41. The van der Waals surface area contributed by atoms with Gasteiger partial charge in [-0.05, 0) is 56.4 Å². The second kappa shape index (κ2) is 10.9. The SMILES string of the molecule is O=C(c1cccc(-c2n[nH]c(C3CCCCN3C(=O)COc3ccccc3)n2)c1)N1CCC(O)CC1. The predicted octanol–water partition coefficient (Wildman–Crippen LogP) is 3.20. The summed E-state index contributed by atoms with van der Waals surface area (Å²) in [6.07, 6.45) is 3.60. The monoisotopic (exact) mass is 489 g/mol. The van der Waals surface area contributed by atoms with Crippen LogP contribution in [0.1, 0.15) is 54.3 Å². The Morgan fingerprint density at radius 2 is 1.81 bits per heavy atom. The number of likely N-dealkylation sites (tertiary alicyclic amines) is 2. The van der Waals surface area contributed by atoms with E-state index in [1.165, 1.54) is 0 Å². The maximum absolute atomic E-state index is 13.0. The smallest absolute Gasteiger partial charge is 0.261 e. The van der Waals surface area contributed by atoms with E-state index in [1.807, 2.05) is 47.4 Å². The van der Waals surface area contributed by atoms with Crippen LogP contribution in [0.15, 0.2) is 54.6 Å². The highest BCUT2D eigenvalue weighted by atomic mass is 16.5. The largest absolute Gasteiger partial charge is 0.484 e. The fraction of sp³-hybridized carbons (Fsp3) is 0.407. The van der Waals surface area contributed by atoms with Crippen LogP contribution in [-0.4, -0.2) is 74.2 Å². The van der Waals surface area contributed by atoms with Crippen molar-refractivity contribution in [3.05, 3.63) is 66.0 Å². The molecule has 2 N–H and O–H groups in total. The first-order chi connectivity index (χ1) is 17.6. The van der Waals surface area contributed by atoms with Crippen molar-refractivity contribution in [2.24, 2.45) is 0 Å². The summed E-state index contributed by atoms with van der Waals surface area (Å²) in [5.41, 5.74) is 1.31. The number of aliphatic hydroxyl groups excluding tert-OH is 1. The average molecular weight is 490 g/mol. The predicted molar refractivity (Wildman–Crippen MR) is 133 cm³/mol. The molecule has 1 unspecified atom stereocenters. The molecular formula is C27H31N5O4. The van der Waals surface area contributed by atoms with Gasteiger partial charge in [-0.25, -0.2) is 4.98 Å². The minimum absolute atomic E-state index is 0.0286. The van der Waals surface area contributed by atoms with Crippen LogP contribution in [0, 0.1) is 0 Å². The zero-order chi connectivity index (χ0) is 24.9. The van der Waals surface area contributed by atoms with Crippen LogP contribution in [-0.2, 0) is 4.79 Å². The van der Waals surface area contributed by atoms with Gasteiger partial charge in [0.2, 0.25) is 0 Å². The number of nitrogens with one attached hydrogen (secondary N) is 1. The van der Waals surface area contributed by atoms with E-state index in [4.69, 9.17) is 9.72 Å². The van der Waals surface area contributed by atoms with Crippen molar-refractivity contribution in [1.29, 1.82) is 0 Å². The molecule has 9 heteroatoms. The van der Waals surface area contributed by atoms with E-state index >= 15 is 0 Å². The number of hydrogen-bond acceptors (Lipinski definition) is 6. The molecule has 2 saturated heterocycles. The highest BCUT2D eigenvalue weighted by Gasteiger charge is 2.31. The Morgan fingerprint density at radius 1 is 1.00 bits per heavy atom. The molecule has 2 aliphatic heterocycles. The van der Waals surface area contributed by atoms with Crippen molar-refractivity contribution in [1.82, 2.24) is 25.0 Å². The van der Waals surface area contributed by atoms with E-state index in [9.17, 15) is 14.7 Å². The van der Waals surface area contributed by atoms with E-state index in [0.717, 1.165) is 24.8 Å². The summed E-state index contributed by atoms with van der Waals surface area (Å²) in [4.78, 5) is 34.3. The Hall–Kier alpha value is -3.72. The van der Waals surface area contributed by atoms with Gasteiger partial charge in [-0.1, -0.05) is 30.3 Å². The number of hydrogen-bond donors (Lipinski definition) is 2. The fourth-order valence-corrected chi connectivity index (χ4v) is 4.85. The van der Waals surface area contributed by atoms with Crippen molar-refractivity contribution in [3.8, 4) is 17.1 Å². The molecular weight excluding hydrogens is 458 g/mol. The molecule has 2 aliphatic rings. The second-order valence-corrected chi connectivity index (χ2v) is 9.35. The van der Waals surface area contributed by atoms with Gasteiger partial charge < -0.3 is 19.6 Å². The van der Waals surface area contributed by atoms with Crippen molar-refractivity contribution in [2.75, 3.05) is 26.2 Å². The van der Waals surface area contributed by atoms with E-state index < -0.39 is 0 Å². The van der Waals surface area contributed by atoms with Gasteiger partial charge >= 0.3 is 0 Å². The Kier molecular flexibility index (Phi) is 7.27. The number of carbonyl (C=O) groups is 2. The maximum atomic E-state index is 13.0. The molecule has 2 aromatic carbocycles. The summed E-state index contributed by atoms with van der Waals surface area (Å²) in [6, 6.07) is 16.4. The zero-order valence-corrected chi connectivity index (χ0v) is 20.2. The topological polar surface area (TPSA) is 112 Å². The molecule has 2 amide bonds. The minimum atomic E-state index is -0.330. The number of para-hydroxylation sites is 1. The van der Waals surface area contributed by atoms with E-state index in [-0.39, 0.29) is 30.6 Å². The summed E-state index contributed by atoms with van der Waals surface area (Å²) in [5, 5.41) is 17.2. The second-order valence-electron chi connectivity index (χ2n) is 9.35. The minimum Gasteiger partial charge on any atom is -0.484 e. The number of aromatic amines is 1. The third-order valence-electron chi connectivity index (χ3n) is 6.87. The first-order valence-corrected chi connectivity index (χ1v) is 12.6. The van der Waals surface area contributed by atoms with E-state index in [0.29, 0.717) is 55.4 Å². The summed E-state index contributed by atoms with van der Waals surface area (Å²) >= 11 is 0. The molecule has 1 atom stereocenters. The molecule has 0 saturated carbocycles. The van der Waals surface area contributed by atoms with Crippen LogP contribution >= 0.6 is 0 Å². The van der Waals surface area contributed by atoms with Gasteiger partial charge in [-0.15, -0.1) is 0 Å². The molecule has 1 aromatic heterocycles. The number of benzene rings is 2. The Labute approximate surface area is 210 Å². The summed E-state index contributed by atoms with van der Waals surface area (Å²) in [7, 11) is 0. The van der Waals surface area contributed by atoms with Gasteiger partial charge in [0.15, 0.2) is 12.4 Å². The molecule has 0 aliphatic carbocycles. The first kappa shape index (κ1) is 24.0. The Balaban J connectivity index is 1.28. The lowest BCUT2D eigenvalue weighted by molar-refractivity contribution is -0.137. The molecule has 0 radical (unpaired) electrons. The van der Waals surface area contributed by atoms with E-state index in [2.05, 4.69) is 10.2 Å². The molecule has 0 spiro atoms. The van der Waals surface area contributed by atoms with Crippen LogP contribution in [0.25, 0.3) is 11.4 Å². The third-order valence-corrected chi connectivity index (χ3v) is 6.87. The molecule has 36 heavy (non-hydrogen) atoms. The lowest BCUT2D eigenvalue weighted by atomic mass is 10.0. The maximum Gasteiger partial charge on any atom is 0.261 e. The number of piperidine rings is 2. The van der Waals surface area contributed by atoms with Crippen LogP contribution < -0.4 is 4.74 Å². The van der Waals surface area contributed by atoms with Crippen molar-refractivity contribution >= 4 is 11.8 Å². The summed E-state index contributed by atoms with van der Waals surface area (Å²) in [5.74, 6) is 1.66. The quantitative estimate of drug-likeness (QED) is 0.550. The lowest BCUT2D eigenvalue weighted by Gasteiger charge is -2.34. The number of rotatable bonds is 6. The van der Waals surface area contributed by atoms with Gasteiger partial charge in [0, 0.05) is 30.8 Å². The number of nitrogens with zero attached hydrogens (tertiary/aromatic N) is 4. The Morgan fingerprint density at radius 3 is 2.61 bits per heavy atom. The third kappa shape index (κ3) is 5.41. The summed E-state index contributed by atoms with van der Waals surface area (Å²) in [6.45, 7) is 1.72. The number of aromatic nitrogens is 3. The molecule has 2 fully saturated rings. The highest BCUT2D eigenvalue weighted by molar-refractivity contribution is 5.95. The molecule has 3 aromatic rings. The fourth-order valence-electron chi connectivity index (χ4n) is 4.85. The first-order valence-electron chi connectivity index (χ1n) is 12.6. The molecule has 188 valence electrons. The normalized spacial score (nSPS) is 18.8. The van der Waals surface area contributed by atoms with Crippen LogP contribution in [0.3, 0.4) is 0 Å². The Bertz CT molecular complexity index is 1190. The number of amides is 2. The van der Waals surface area contributed by atoms with Crippen molar-refractivity contribution in [2.45, 2.75) is 44.2 Å². The number of carbonyl (C=O) groups excluding carboxylic acids is 2. The molecule has 3 heterocycles. The van der Waals surface area contributed by atoms with Gasteiger partial charge in [0.05, 0.1) is 12.1 Å². The van der Waals surface area contributed by atoms with Crippen molar-refractivity contribution < 1.29 is 19.4 Å². The van der Waals surface area contributed by atoms with Crippen LogP contribution in [0.4, 0.5) is 0 Å². The van der Waals surface area contributed by atoms with Crippen LogP contribution in [0.5, 0.6) is 5.75 Å². The zero-order valence-electron chi connectivity index (χ0n) is 20.2. The molecule has 5 rings (SSSR count). The highest BCUT2D eigenvalue weighted by Crippen LogP contribution is 2.30. The van der Waals surface area contributed by atoms with Crippen LogP contribution in [0.2, 0.25) is 0 Å². The average Bonchev–Trinajstić information content (AvgIpc) is 3.43. The molecule has 9 nitrogen and oxygen atoms in total. The standard InChI is InChI=1S/C27H31N5O4/c33-21-12-15-31(16-13-21)27(35)20-8-6-7-19(17-20)25-28-26(30-29-25)23-11-4-5-14-32(23)24(34)18-36-22-9-2-1-3-10-22/h1-3,6-10,17,21,23,33H,4-5,11-16,18H2,(H,28,29,30). The number of ether oxygens (including phenoxy) is 1. The van der Waals surface area contributed by atoms with Gasteiger partial charge in [-0.2, -0.15) is 5.10 Å². The van der Waals surface area contributed by atoms with Gasteiger partial charge in [0.1, 0.15) is 11.6 Å². The summed E-state index contributed by atoms with van der Waals surface area (Å²) < 4.78 is 5.68. The van der Waals surface area contributed by atoms with Gasteiger partial charge in [-0.3, -0.25) is 14.7 Å². The van der Waals surface area contributed by atoms with E-state index in [1.54, 1.807) is 17.0 Å². The number of H-pyrrole nitrogens is 1. The molecule has 0 bridgehead atoms. The van der Waals surface area contributed by atoms with Crippen molar-refractivity contribution in [3.63, 3.8) is 0 Å². The number of aliphatic hydroxyl groups is 1. The van der Waals surface area contributed by atoms with Gasteiger partial charge in [0.25, 0.3) is 11.8 Å².